The van der Waals surface area contributed by atoms with Crippen LogP contribution in [0, 0.1) is 17.0 Å². The van der Waals surface area contributed by atoms with Crippen molar-refractivity contribution in [3.8, 4) is 11.3 Å². The Morgan fingerprint density at radius 2 is 1.74 bits per heavy atom. The number of nitrogens with two attached hydrogens (primary N) is 1. The van der Waals surface area contributed by atoms with E-state index in [2.05, 4.69) is 0 Å². The number of hydrogen-bond donors (Lipinski definition) is 1. The van der Waals surface area contributed by atoms with Crippen molar-refractivity contribution in [2.24, 2.45) is 0 Å². The summed E-state index contributed by atoms with van der Waals surface area (Å²) in [7, 11) is -2.35. The summed E-state index contributed by atoms with van der Waals surface area (Å²) in [6, 6.07) is 13.7. The van der Waals surface area contributed by atoms with Gasteiger partial charge in [-0.2, -0.15) is 0 Å². The number of benzene rings is 2. The van der Waals surface area contributed by atoms with Gasteiger partial charge in [0.15, 0.2) is 0 Å². The molecule has 3 aromatic rings. The van der Waals surface area contributed by atoms with E-state index < -0.39 is 14.9 Å². The first kappa shape index (κ1) is 18.5. The molecule has 0 amide bonds. The van der Waals surface area contributed by atoms with E-state index in [1.807, 2.05) is 0 Å². The molecule has 0 aliphatic heterocycles. The topological polar surface area (TPSA) is 120 Å². The summed E-state index contributed by atoms with van der Waals surface area (Å²) in [6.07, 6.45) is 0. The van der Waals surface area contributed by atoms with Gasteiger partial charge in [-0.25, -0.2) is 8.42 Å². The normalized spacial score (nSPS) is 11.3. The molecule has 9 heteroatoms. The minimum absolute atomic E-state index is 0.109. The summed E-state index contributed by atoms with van der Waals surface area (Å²) < 4.78 is 32.2. The highest BCUT2D eigenvalue weighted by Gasteiger charge is 2.23. The zero-order valence-corrected chi connectivity index (χ0v) is 15.4. The van der Waals surface area contributed by atoms with Crippen molar-refractivity contribution >= 4 is 27.3 Å². The van der Waals surface area contributed by atoms with Crippen molar-refractivity contribution < 1.29 is 17.8 Å². The zero-order chi connectivity index (χ0) is 19.8. The molecular weight excluding hydrogens is 370 g/mol. The molecule has 2 aromatic carbocycles. The van der Waals surface area contributed by atoms with Gasteiger partial charge in [0.1, 0.15) is 10.7 Å². The number of anilines is 2. The van der Waals surface area contributed by atoms with Crippen LogP contribution >= 0.6 is 0 Å². The summed E-state index contributed by atoms with van der Waals surface area (Å²) in [4.78, 5) is 10.3. The lowest BCUT2D eigenvalue weighted by Crippen LogP contribution is -2.27. The second kappa shape index (κ2) is 6.76. The number of furan rings is 1. The van der Waals surface area contributed by atoms with E-state index in [9.17, 15) is 18.5 Å². The second-order valence-electron chi connectivity index (χ2n) is 5.94. The van der Waals surface area contributed by atoms with Crippen LogP contribution in [0.15, 0.2) is 63.9 Å². The van der Waals surface area contributed by atoms with Crippen molar-refractivity contribution in [1.29, 1.82) is 0 Å². The highest BCUT2D eigenvalue weighted by molar-refractivity contribution is 7.92. The smallest absolute Gasteiger partial charge is 0.401 e. The van der Waals surface area contributed by atoms with Crippen molar-refractivity contribution in [3.63, 3.8) is 0 Å². The Kier molecular flexibility index (Phi) is 4.63. The molecule has 0 aliphatic carbocycles. The lowest BCUT2D eigenvalue weighted by Gasteiger charge is -2.22. The van der Waals surface area contributed by atoms with E-state index >= 15 is 0 Å². The largest absolute Gasteiger partial charge is 0.433 e. The molecule has 27 heavy (non-hydrogen) atoms. The maximum absolute atomic E-state index is 12.9. The number of nitrogens with zero attached hydrogens (tertiary/aromatic N) is 2. The van der Waals surface area contributed by atoms with Gasteiger partial charge in [-0.05, 0) is 48.9 Å². The lowest BCUT2D eigenvalue weighted by atomic mass is 10.1. The predicted octanol–water partition coefficient (Wildman–Crippen LogP) is 3.57. The fraction of sp³-hybridized carbons (Fsp3) is 0.111. The number of nitrogen functional groups attached to an aromatic ring is 1. The minimum atomic E-state index is -3.80. The highest BCUT2D eigenvalue weighted by Crippen LogP contribution is 2.32. The molecule has 0 aliphatic rings. The standard InChI is InChI=1S/C18H17N3O5S/c1-12-3-4-13(17-9-10-18(26-17)21(22)23)11-16(12)20(2)27(24,25)15-7-5-14(19)6-8-15/h3-11H,19H2,1-2H3. The predicted molar refractivity (Wildman–Crippen MR) is 102 cm³/mol. The Morgan fingerprint density at radius 3 is 2.33 bits per heavy atom. The van der Waals surface area contributed by atoms with Crippen LogP contribution in [0.5, 0.6) is 0 Å². The van der Waals surface area contributed by atoms with Crippen LogP contribution in [0.2, 0.25) is 0 Å². The van der Waals surface area contributed by atoms with Gasteiger partial charge in [-0.15, -0.1) is 0 Å². The van der Waals surface area contributed by atoms with Gasteiger partial charge >= 0.3 is 5.88 Å². The fourth-order valence-corrected chi connectivity index (χ4v) is 3.86. The third kappa shape index (κ3) is 3.49. The Hall–Kier alpha value is -3.33. The van der Waals surface area contributed by atoms with Gasteiger partial charge in [0, 0.05) is 18.3 Å². The molecule has 2 N–H and O–H groups in total. The number of aryl methyl sites for hydroxylation is 1. The van der Waals surface area contributed by atoms with Crippen molar-refractivity contribution in [2.45, 2.75) is 11.8 Å². The molecule has 0 unspecified atom stereocenters. The van der Waals surface area contributed by atoms with E-state index in [1.54, 1.807) is 25.1 Å². The zero-order valence-electron chi connectivity index (χ0n) is 14.6. The van der Waals surface area contributed by atoms with Gasteiger partial charge in [0.05, 0.1) is 16.6 Å². The van der Waals surface area contributed by atoms with Crippen molar-refractivity contribution in [3.05, 3.63) is 70.3 Å². The van der Waals surface area contributed by atoms with Gasteiger partial charge in [0.25, 0.3) is 10.0 Å². The molecule has 0 bridgehead atoms. The molecule has 0 saturated carbocycles. The van der Waals surface area contributed by atoms with E-state index in [-0.39, 0.29) is 16.5 Å². The van der Waals surface area contributed by atoms with Crippen LogP contribution < -0.4 is 10.0 Å². The molecule has 0 spiro atoms. The maximum Gasteiger partial charge on any atom is 0.433 e. The molecule has 140 valence electrons. The third-order valence-corrected chi connectivity index (χ3v) is 5.93. The summed E-state index contributed by atoms with van der Waals surface area (Å²) in [5.41, 5.74) is 7.78. The van der Waals surface area contributed by atoms with E-state index in [0.29, 0.717) is 16.9 Å². The lowest BCUT2D eigenvalue weighted by molar-refractivity contribution is -0.401. The summed E-state index contributed by atoms with van der Waals surface area (Å²) >= 11 is 0. The number of nitro groups is 1. The van der Waals surface area contributed by atoms with E-state index in [4.69, 9.17) is 10.2 Å². The van der Waals surface area contributed by atoms with Crippen LogP contribution in [-0.4, -0.2) is 20.4 Å². The average Bonchev–Trinajstić information content (AvgIpc) is 3.12. The Labute approximate surface area is 156 Å². The van der Waals surface area contributed by atoms with Crippen LogP contribution in [0.1, 0.15) is 5.56 Å². The average molecular weight is 387 g/mol. The SMILES string of the molecule is Cc1ccc(-c2ccc([N+](=O)[O-])o2)cc1N(C)S(=O)(=O)c1ccc(N)cc1. The second-order valence-corrected chi connectivity index (χ2v) is 7.91. The quantitative estimate of drug-likeness (QED) is 0.406. The van der Waals surface area contributed by atoms with Gasteiger partial charge < -0.3 is 10.2 Å². The Bertz CT molecular complexity index is 1100. The first-order valence-corrected chi connectivity index (χ1v) is 9.34. The summed E-state index contributed by atoms with van der Waals surface area (Å²) in [5, 5.41) is 10.8. The van der Waals surface area contributed by atoms with Crippen LogP contribution in [0.3, 0.4) is 0 Å². The molecule has 1 aromatic heterocycles. The van der Waals surface area contributed by atoms with Gasteiger partial charge in [0.2, 0.25) is 0 Å². The Morgan fingerprint density at radius 1 is 1.07 bits per heavy atom. The van der Waals surface area contributed by atoms with Crippen LogP contribution in [0.4, 0.5) is 17.3 Å². The first-order valence-electron chi connectivity index (χ1n) is 7.90. The van der Waals surface area contributed by atoms with Crippen molar-refractivity contribution in [2.75, 3.05) is 17.1 Å². The molecule has 1 heterocycles. The molecule has 0 fully saturated rings. The Balaban J connectivity index is 2.02. The monoisotopic (exact) mass is 387 g/mol. The summed E-state index contributed by atoms with van der Waals surface area (Å²) in [5.74, 6) is -0.101. The van der Waals surface area contributed by atoms with Crippen molar-refractivity contribution in [1.82, 2.24) is 0 Å². The molecule has 0 saturated heterocycles. The van der Waals surface area contributed by atoms with Gasteiger partial charge in [-0.3, -0.25) is 14.4 Å². The molecule has 3 rings (SSSR count). The molecular formula is C18H17N3O5S. The number of hydrogen-bond acceptors (Lipinski definition) is 6. The van der Waals surface area contributed by atoms with E-state index in [0.717, 1.165) is 9.87 Å². The fourth-order valence-electron chi connectivity index (χ4n) is 2.61. The summed E-state index contributed by atoms with van der Waals surface area (Å²) in [6.45, 7) is 1.78. The molecule has 0 atom stereocenters. The molecule has 8 nitrogen and oxygen atoms in total. The minimum Gasteiger partial charge on any atom is -0.401 e. The third-order valence-electron chi connectivity index (χ3n) is 4.14. The maximum atomic E-state index is 12.9. The highest BCUT2D eigenvalue weighted by atomic mass is 32.2. The van der Waals surface area contributed by atoms with Gasteiger partial charge in [-0.1, -0.05) is 12.1 Å². The first-order chi connectivity index (χ1) is 12.7. The molecule has 0 radical (unpaired) electrons. The van der Waals surface area contributed by atoms with Crippen LogP contribution in [-0.2, 0) is 10.0 Å². The van der Waals surface area contributed by atoms with Crippen LogP contribution in [0.25, 0.3) is 11.3 Å². The van der Waals surface area contributed by atoms with E-state index in [1.165, 1.54) is 43.4 Å². The number of rotatable bonds is 5. The number of sulfonamides is 1.